The molecule has 4 aromatic rings. The molecule has 1 saturated heterocycles. The zero-order chi connectivity index (χ0) is 19.8. The molecular weight excluding hydrogens is 368 g/mol. The van der Waals surface area contributed by atoms with Gasteiger partial charge in [-0.3, -0.25) is 4.79 Å². The van der Waals surface area contributed by atoms with Crippen molar-refractivity contribution < 1.29 is 9.53 Å². The van der Waals surface area contributed by atoms with Crippen LogP contribution in [0, 0.1) is 0 Å². The monoisotopic (exact) mass is 390 g/mol. The second kappa shape index (κ2) is 7.12. The van der Waals surface area contributed by atoms with E-state index in [1.54, 1.807) is 6.33 Å². The SMILES string of the molecule is NC(=O)Cn1ccc2c(OC3CCN(c4ncnc5[nH]ccc45)CC3)cccc21. The lowest BCUT2D eigenvalue weighted by molar-refractivity contribution is -0.118. The Labute approximate surface area is 167 Å². The Morgan fingerprint density at radius 3 is 2.86 bits per heavy atom. The van der Waals surface area contributed by atoms with Gasteiger partial charge in [-0.2, -0.15) is 0 Å². The zero-order valence-electron chi connectivity index (χ0n) is 15.9. The van der Waals surface area contributed by atoms with Crippen LogP contribution >= 0.6 is 0 Å². The fourth-order valence-electron chi connectivity index (χ4n) is 4.08. The number of nitrogens with two attached hydrogens (primary N) is 1. The van der Waals surface area contributed by atoms with Crippen molar-refractivity contribution in [3.8, 4) is 5.75 Å². The van der Waals surface area contributed by atoms with Crippen molar-refractivity contribution in [2.75, 3.05) is 18.0 Å². The van der Waals surface area contributed by atoms with Gasteiger partial charge in [-0.15, -0.1) is 0 Å². The Balaban J connectivity index is 1.30. The van der Waals surface area contributed by atoms with Crippen LogP contribution in [0.25, 0.3) is 21.9 Å². The Morgan fingerprint density at radius 1 is 1.17 bits per heavy atom. The van der Waals surface area contributed by atoms with E-state index in [2.05, 4.69) is 19.9 Å². The number of nitrogens with one attached hydrogen (secondary N) is 1. The van der Waals surface area contributed by atoms with Gasteiger partial charge < -0.3 is 24.9 Å². The lowest BCUT2D eigenvalue weighted by Crippen LogP contribution is -2.38. The molecule has 0 aliphatic carbocycles. The van der Waals surface area contributed by atoms with Gasteiger partial charge in [0.05, 0.1) is 10.9 Å². The van der Waals surface area contributed by atoms with E-state index in [0.717, 1.165) is 59.4 Å². The first kappa shape index (κ1) is 17.5. The summed E-state index contributed by atoms with van der Waals surface area (Å²) >= 11 is 0. The van der Waals surface area contributed by atoms with E-state index in [0.29, 0.717) is 0 Å². The van der Waals surface area contributed by atoms with Crippen molar-refractivity contribution in [3.63, 3.8) is 0 Å². The van der Waals surface area contributed by atoms with Crippen LogP contribution in [-0.2, 0) is 11.3 Å². The van der Waals surface area contributed by atoms with Gasteiger partial charge in [0.15, 0.2) is 0 Å². The van der Waals surface area contributed by atoms with Crippen molar-refractivity contribution >= 4 is 33.7 Å². The molecule has 8 heteroatoms. The molecular formula is C21H22N6O2. The summed E-state index contributed by atoms with van der Waals surface area (Å²) < 4.78 is 8.20. The lowest BCUT2D eigenvalue weighted by atomic mass is 10.1. The normalized spacial score (nSPS) is 15.2. The molecule has 0 saturated carbocycles. The van der Waals surface area contributed by atoms with E-state index in [1.807, 2.05) is 47.3 Å². The van der Waals surface area contributed by atoms with Crippen molar-refractivity contribution in [1.82, 2.24) is 19.5 Å². The highest BCUT2D eigenvalue weighted by Gasteiger charge is 2.23. The number of fused-ring (bicyclic) bond motifs is 2. The number of nitrogens with zero attached hydrogens (tertiary/aromatic N) is 4. The van der Waals surface area contributed by atoms with E-state index in [-0.39, 0.29) is 18.6 Å². The van der Waals surface area contributed by atoms with Gasteiger partial charge in [-0.1, -0.05) is 6.07 Å². The number of carbonyl (C=O) groups excluding carboxylic acids is 1. The lowest BCUT2D eigenvalue weighted by Gasteiger charge is -2.33. The minimum atomic E-state index is -0.359. The number of primary amides is 1. The Bertz CT molecular complexity index is 1170. The highest BCUT2D eigenvalue weighted by molar-refractivity contribution is 5.88. The van der Waals surface area contributed by atoms with Gasteiger partial charge in [0.2, 0.25) is 5.91 Å². The van der Waals surface area contributed by atoms with Crippen LogP contribution in [-0.4, -0.2) is 44.6 Å². The molecule has 1 fully saturated rings. The van der Waals surface area contributed by atoms with Gasteiger partial charge in [0, 0.05) is 43.7 Å². The molecule has 1 amide bonds. The van der Waals surface area contributed by atoms with Crippen molar-refractivity contribution in [3.05, 3.63) is 49.1 Å². The molecule has 0 atom stereocenters. The van der Waals surface area contributed by atoms with Crippen LogP contribution < -0.4 is 15.4 Å². The first-order valence-corrected chi connectivity index (χ1v) is 9.75. The number of piperidine rings is 1. The molecule has 148 valence electrons. The number of H-pyrrole nitrogens is 1. The smallest absolute Gasteiger partial charge is 0.237 e. The first-order valence-electron chi connectivity index (χ1n) is 9.75. The van der Waals surface area contributed by atoms with Gasteiger partial charge in [0.25, 0.3) is 0 Å². The highest BCUT2D eigenvalue weighted by Crippen LogP contribution is 2.30. The predicted molar refractivity (Wildman–Crippen MR) is 111 cm³/mol. The first-order chi connectivity index (χ1) is 14.2. The fraction of sp³-hybridized carbons (Fsp3) is 0.286. The Kier molecular flexibility index (Phi) is 4.31. The number of ether oxygens (including phenoxy) is 1. The average Bonchev–Trinajstić information content (AvgIpc) is 3.36. The quantitative estimate of drug-likeness (QED) is 0.545. The average molecular weight is 390 g/mol. The van der Waals surface area contributed by atoms with Crippen LogP contribution in [0.3, 0.4) is 0 Å². The third-order valence-corrected chi connectivity index (χ3v) is 5.47. The van der Waals surface area contributed by atoms with Gasteiger partial charge >= 0.3 is 0 Å². The maximum absolute atomic E-state index is 11.3. The van der Waals surface area contributed by atoms with E-state index < -0.39 is 0 Å². The molecule has 3 N–H and O–H groups in total. The third kappa shape index (κ3) is 3.26. The minimum absolute atomic E-state index is 0.139. The number of anilines is 1. The summed E-state index contributed by atoms with van der Waals surface area (Å²) in [7, 11) is 0. The number of hydrogen-bond donors (Lipinski definition) is 2. The molecule has 0 unspecified atom stereocenters. The maximum atomic E-state index is 11.3. The third-order valence-electron chi connectivity index (χ3n) is 5.47. The summed E-state index contributed by atoms with van der Waals surface area (Å²) in [6.45, 7) is 1.92. The highest BCUT2D eigenvalue weighted by atomic mass is 16.5. The van der Waals surface area contributed by atoms with Crippen molar-refractivity contribution in [2.24, 2.45) is 5.73 Å². The second-order valence-corrected chi connectivity index (χ2v) is 7.34. The van der Waals surface area contributed by atoms with E-state index in [4.69, 9.17) is 10.5 Å². The van der Waals surface area contributed by atoms with E-state index in [9.17, 15) is 4.79 Å². The topological polar surface area (TPSA) is 102 Å². The van der Waals surface area contributed by atoms with E-state index >= 15 is 0 Å². The van der Waals surface area contributed by atoms with Crippen molar-refractivity contribution in [2.45, 2.75) is 25.5 Å². The van der Waals surface area contributed by atoms with Crippen LogP contribution in [0.2, 0.25) is 0 Å². The van der Waals surface area contributed by atoms with Crippen LogP contribution in [0.5, 0.6) is 5.75 Å². The van der Waals surface area contributed by atoms with Gasteiger partial charge in [-0.25, -0.2) is 9.97 Å². The summed E-state index contributed by atoms with van der Waals surface area (Å²) in [5.74, 6) is 1.46. The maximum Gasteiger partial charge on any atom is 0.237 e. The molecule has 3 aromatic heterocycles. The number of aromatic nitrogens is 4. The fourth-order valence-corrected chi connectivity index (χ4v) is 4.08. The van der Waals surface area contributed by atoms with Gasteiger partial charge in [0.1, 0.15) is 36.2 Å². The predicted octanol–water partition coefficient (Wildman–Crippen LogP) is 2.45. The summed E-state index contributed by atoms with van der Waals surface area (Å²) in [4.78, 5) is 25.5. The number of amides is 1. The van der Waals surface area contributed by atoms with Crippen LogP contribution in [0.15, 0.2) is 49.1 Å². The van der Waals surface area contributed by atoms with Gasteiger partial charge in [-0.05, 0) is 24.3 Å². The molecule has 0 spiro atoms. The molecule has 29 heavy (non-hydrogen) atoms. The number of benzene rings is 1. The van der Waals surface area contributed by atoms with Crippen LogP contribution in [0.1, 0.15) is 12.8 Å². The minimum Gasteiger partial charge on any atom is -0.490 e. The largest absolute Gasteiger partial charge is 0.490 e. The molecule has 4 heterocycles. The van der Waals surface area contributed by atoms with Crippen LogP contribution in [0.4, 0.5) is 5.82 Å². The summed E-state index contributed by atoms with van der Waals surface area (Å²) in [6.07, 6.45) is 7.34. The molecule has 5 rings (SSSR count). The van der Waals surface area contributed by atoms with Crippen molar-refractivity contribution in [1.29, 1.82) is 0 Å². The summed E-state index contributed by atoms with van der Waals surface area (Å²) in [6, 6.07) is 9.91. The summed E-state index contributed by atoms with van der Waals surface area (Å²) in [5.41, 5.74) is 7.16. The molecule has 1 aliphatic rings. The number of hydrogen-bond acceptors (Lipinski definition) is 5. The zero-order valence-corrected chi connectivity index (χ0v) is 15.9. The molecule has 1 aliphatic heterocycles. The standard InChI is InChI=1S/C21H22N6O2/c22-19(28)12-27-11-7-15-17(27)2-1-3-18(15)29-14-5-9-26(10-6-14)21-16-4-8-23-20(16)24-13-25-21/h1-4,7-8,11,13-14H,5-6,9-10,12H2,(H2,22,28)(H,23,24,25). The van der Waals surface area contributed by atoms with E-state index in [1.165, 1.54) is 0 Å². The molecule has 0 bridgehead atoms. The second-order valence-electron chi connectivity index (χ2n) is 7.34. The number of carbonyl (C=O) groups is 1. The number of rotatable bonds is 5. The number of aromatic amines is 1. The molecule has 1 aromatic carbocycles. The Morgan fingerprint density at radius 2 is 2.03 bits per heavy atom. The molecule has 8 nitrogen and oxygen atoms in total. The molecule has 0 radical (unpaired) electrons. The Hall–Kier alpha value is -3.55. The summed E-state index contributed by atoms with van der Waals surface area (Å²) in [5, 5.41) is 2.05.